The zero-order valence-corrected chi connectivity index (χ0v) is 12.2. The van der Waals surface area contributed by atoms with Crippen LogP contribution >= 0.6 is 0 Å². The van der Waals surface area contributed by atoms with Crippen LogP contribution in [0.15, 0.2) is 18.2 Å². The topological polar surface area (TPSA) is 74.0 Å². The molecule has 0 heterocycles. The molecular weight excluding hydrogens is 260 g/mol. The molecule has 0 radical (unpaired) electrons. The smallest absolute Gasteiger partial charge is 0.338 e. The number of rotatable bonds is 8. The largest absolute Gasteiger partial charge is 0.490 e. The third kappa shape index (κ3) is 5.46. The molecule has 0 fully saturated rings. The molecule has 0 aromatic heterocycles. The van der Waals surface area contributed by atoms with E-state index in [1.807, 2.05) is 19.0 Å². The molecule has 0 saturated heterocycles. The van der Waals surface area contributed by atoms with E-state index >= 15 is 0 Å². The van der Waals surface area contributed by atoms with Gasteiger partial charge in [-0.3, -0.25) is 0 Å². The van der Waals surface area contributed by atoms with Gasteiger partial charge in [-0.25, -0.2) is 4.79 Å². The maximum atomic E-state index is 11.7. The van der Waals surface area contributed by atoms with Gasteiger partial charge < -0.3 is 24.8 Å². The molecule has 112 valence electrons. The number of carbonyl (C=O) groups excluding carboxylic acids is 1. The molecular formula is C14H22N2O4. The standard InChI is InChI=1S/C14H22N2O4/c1-16(2)6-7-19-13-5-4-11(10-12(13)15)14(17)20-9-8-18-3/h4-5,10H,6-9,15H2,1-3H3. The number of esters is 1. The molecule has 0 aliphatic carbocycles. The van der Waals surface area contributed by atoms with Crippen molar-refractivity contribution in [1.29, 1.82) is 0 Å². The lowest BCUT2D eigenvalue weighted by Crippen LogP contribution is -2.19. The van der Waals surface area contributed by atoms with E-state index in [1.54, 1.807) is 25.3 Å². The molecule has 1 aromatic carbocycles. The van der Waals surface area contributed by atoms with Crippen molar-refractivity contribution in [3.05, 3.63) is 23.8 Å². The van der Waals surface area contributed by atoms with Gasteiger partial charge in [-0.2, -0.15) is 0 Å². The first kappa shape index (κ1) is 16.3. The van der Waals surface area contributed by atoms with Crippen molar-refractivity contribution in [2.45, 2.75) is 0 Å². The summed E-state index contributed by atoms with van der Waals surface area (Å²) < 4.78 is 15.4. The maximum absolute atomic E-state index is 11.7. The van der Waals surface area contributed by atoms with E-state index < -0.39 is 5.97 Å². The first-order chi connectivity index (χ1) is 9.54. The molecule has 1 rings (SSSR count). The molecule has 0 spiro atoms. The quantitative estimate of drug-likeness (QED) is 0.436. The molecule has 1 aromatic rings. The number of carbonyl (C=O) groups is 1. The van der Waals surface area contributed by atoms with Gasteiger partial charge in [0.05, 0.1) is 17.9 Å². The summed E-state index contributed by atoms with van der Waals surface area (Å²) >= 11 is 0. The number of nitrogens with zero attached hydrogens (tertiary/aromatic N) is 1. The number of ether oxygens (including phenoxy) is 3. The van der Waals surface area contributed by atoms with E-state index in [9.17, 15) is 4.79 Å². The number of nitrogen functional groups attached to an aromatic ring is 1. The molecule has 0 amide bonds. The molecule has 0 bridgehead atoms. The van der Waals surface area contributed by atoms with E-state index in [-0.39, 0.29) is 6.61 Å². The van der Waals surface area contributed by atoms with E-state index in [0.717, 1.165) is 6.54 Å². The molecule has 0 atom stereocenters. The first-order valence-corrected chi connectivity index (χ1v) is 6.37. The summed E-state index contributed by atoms with van der Waals surface area (Å²) in [6.07, 6.45) is 0. The normalized spacial score (nSPS) is 10.6. The summed E-state index contributed by atoms with van der Waals surface area (Å²) in [5.41, 5.74) is 6.68. The fourth-order valence-electron chi connectivity index (χ4n) is 1.45. The van der Waals surface area contributed by atoms with Crippen LogP contribution in [0, 0.1) is 0 Å². The lowest BCUT2D eigenvalue weighted by molar-refractivity contribution is 0.0388. The van der Waals surface area contributed by atoms with Gasteiger partial charge in [0.25, 0.3) is 0 Å². The zero-order valence-electron chi connectivity index (χ0n) is 12.2. The van der Waals surface area contributed by atoms with Gasteiger partial charge in [0, 0.05) is 13.7 Å². The van der Waals surface area contributed by atoms with Crippen LogP contribution in [0.5, 0.6) is 5.75 Å². The highest BCUT2D eigenvalue weighted by Crippen LogP contribution is 2.22. The van der Waals surface area contributed by atoms with Gasteiger partial charge >= 0.3 is 5.97 Å². The number of nitrogens with two attached hydrogens (primary N) is 1. The van der Waals surface area contributed by atoms with Gasteiger partial charge in [0.1, 0.15) is 19.0 Å². The van der Waals surface area contributed by atoms with Crippen molar-refractivity contribution < 1.29 is 19.0 Å². The van der Waals surface area contributed by atoms with Crippen LogP contribution in [0.1, 0.15) is 10.4 Å². The van der Waals surface area contributed by atoms with Crippen LogP contribution in [0.3, 0.4) is 0 Å². The van der Waals surface area contributed by atoms with E-state index in [2.05, 4.69) is 0 Å². The number of benzene rings is 1. The second-order valence-corrected chi connectivity index (χ2v) is 4.53. The fraction of sp³-hybridized carbons (Fsp3) is 0.500. The Morgan fingerprint density at radius 3 is 2.60 bits per heavy atom. The number of hydrogen-bond donors (Lipinski definition) is 1. The fourth-order valence-corrected chi connectivity index (χ4v) is 1.45. The molecule has 6 nitrogen and oxygen atoms in total. The molecule has 0 unspecified atom stereocenters. The molecule has 0 saturated carbocycles. The SMILES string of the molecule is COCCOC(=O)c1ccc(OCCN(C)C)c(N)c1. The summed E-state index contributed by atoms with van der Waals surface area (Å²) in [4.78, 5) is 13.7. The second kappa shape index (κ2) is 8.39. The van der Waals surface area contributed by atoms with Crippen LogP contribution in [-0.4, -0.2) is 58.4 Å². The highest BCUT2D eigenvalue weighted by molar-refractivity contribution is 5.91. The monoisotopic (exact) mass is 282 g/mol. The number of anilines is 1. The summed E-state index contributed by atoms with van der Waals surface area (Å²) in [6.45, 7) is 1.92. The van der Waals surface area contributed by atoms with Crippen LogP contribution in [0.4, 0.5) is 5.69 Å². The number of hydrogen-bond acceptors (Lipinski definition) is 6. The Kier molecular flexibility index (Phi) is 6.83. The minimum absolute atomic E-state index is 0.219. The predicted octanol–water partition coefficient (Wildman–Crippen LogP) is 1.01. The lowest BCUT2D eigenvalue weighted by Gasteiger charge is -2.13. The average Bonchev–Trinajstić information content (AvgIpc) is 2.40. The average molecular weight is 282 g/mol. The van der Waals surface area contributed by atoms with Crippen molar-refractivity contribution >= 4 is 11.7 Å². The van der Waals surface area contributed by atoms with Crippen LogP contribution in [0.2, 0.25) is 0 Å². The third-order valence-corrected chi connectivity index (χ3v) is 2.56. The summed E-state index contributed by atoms with van der Waals surface area (Å²) in [6, 6.07) is 4.87. The van der Waals surface area contributed by atoms with Crippen molar-refractivity contribution in [3.8, 4) is 5.75 Å². The minimum Gasteiger partial charge on any atom is -0.490 e. The zero-order chi connectivity index (χ0) is 15.0. The summed E-state index contributed by atoms with van der Waals surface area (Å²) in [5.74, 6) is 0.147. The highest BCUT2D eigenvalue weighted by Gasteiger charge is 2.10. The Bertz CT molecular complexity index is 435. The Hall–Kier alpha value is -1.79. The van der Waals surface area contributed by atoms with E-state index in [1.165, 1.54) is 0 Å². The van der Waals surface area contributed by atoms with Crippen molar-refractivity contribution in [2.75, 3.05) is 53.3 Å². The molecule has 0 aliphatic rings. The van der Waals surface area contributed by atoms with Gasteiger partial charge in [-0.1, -0.05) is 0 Å². The van der Waals surface area contributed by atoms with Gasteiger partial charge in [-0.05, 0) is 32.3 Å². The maximum Gasteiger partial charge on any atom is 0.338 e. The first-order valence-electron chi connectivity index (χ1n) is 6.37. The van der Waals surface area contributed by atoms with Crippen molar-refractivity contribution in [1.82, 2.24) is 4.90 Å². The Labute approximate surface area is 119 Å². The van der Waals surface area contributed by atoms with E-state index in [0.29, 0.717) is 30.2 Å². The molecule has 2 N–H and O–H groups in total. The van der Waals surface area contributed by atoms with Gasteiger partial charge in [0.15, 0.2) is 0 Å². The Balaban J connectivity index is 2.56. The highest BCUT2D eigenvalue weighted by atomic mass is 16.6. The summed E-state index contributed by atoms with van der Waals surface area (Å²) in [5, 5.41) is 0. The van der Waals surface area contributed by atoms with Crippen LogP contribution in [0.25, 0.3) is 0 Å². The number of likely N-dealkylation sites (N-methyl/N-ethyl adjacent to an activating group) is 1. The lowest BCUT2D eigenvalue weighted by atomic mass is 10.2. The van der Waals surface area contributed by atoms with Gasteiger partial charge in [-0.15, -0.1) is 0 Å². The van der Waals surface area contributed by atoms with Gasteiger partial charge in [0.2, 0.25) is 0 Å². The molecule has 0 aliphatic heterocycles. The van der Waals surface area contributed by atoms with Crippen LogP contribution < -0.4 is 10.5 Å². The Morgan fingerprint density at radius 2 is 2.00 bits per heavy atom. The van der Waals surface area contributed by atoms with Crippen molar-refractivity contribution in [2.24, 2.45) is 0 Å². The Morgan fingerprint density at radius 1 is 1.25 bits per heavy atom. The third-order valence-electron chi connectivity index (χ3n) is 2.56. The van der Waals surface area contributed by atoms with E-state index in [4.69, 9.17) is 19.9 Å². The predicted molar refractivity (Wildman–Crippen MR) is 77.1 cm³/mol. The molecule has 20 heavy (non-hydrogen) atoms. The molecule has 6 heteroatoms. The van der Waals surface area contributed by atoms with Crippen molar-refractivity contribution in [3.63, 3.8) is 0 Å². The second-order valence-electron chi connectivity index (χ2n) is 4.53. The van der Waals surface area contributed by atoms with Crippen LogP contribution in [-0.2, 0) is 9.47 Å². The summed E-state index contributed by atoms with van der Waals surface area (Å²) in [7, 11) is 5.48. The minimum atomic E-state index is -0.423. The number of methoxy groups -OCH3 is 1.